The summed E-state index contributed by atoms with van der Waals surface area (Å²) in [5, 5.41) is 0. The number of hydrogen-bond acceptors (Lipinski definition) is 5. The van der Waals surface area contributed by atoms with Gasteiger partial charge in [0.1, 0.15) is 11.2 Å². The zero-order valence-corrected chi connectivity index (χ0v) is 13.3. The van der Waals surface area contributed by atoms with Gasteiger partial charge in [-0.1, -0.05) is 6.92 Å². The molecule has 0 amide bonds. The molecule has 0 N–H and O–H groups in total. The first-order chi connectivity index (χ1) is 10.4. The molecule has 0 bridgehead atoms. The molecule has 0 radical (unpaired) electrons. The predicted octanol–water partition coefficient (Wildman–Crippen LogP) is 4.22. The van der Waals surface area contributed by atoms with E-state index in [1.54, 1.807) is 28.9 Å². The predicted molar refractivity (Wildman–Crippen MR) is 81.0 cm³/mol. The van der Waals surface area contributed by atoms with Crippen LogP contribution in [0.5, 0.6) is 0 Å². The zero-order valence-electron chi connectivity index (χ0n) is 11.7. The van der Waals surface area contributed by atoms with Crippen LogP contribution >= 0.6 is 23.1 Å². The number of alkyl halides is 3. The van der Waals surface area contributed by atoms with E-state index in [-0.39, 0.29) is 5.52 Å². The second-order valence-corrected chi connectivity index (χ2v) is 6.87. The molecule has 0 aromatic carbocycles. The molecule has 3 rings (SSSR count). The summed E-state index contributed by atoms with van der Waals surface area (Å²) in [7, 11) is 1.73. The maximum Gasteiger partial charge on any atom is 0.417 e. The van der Waals surface area contributed by atoms with Crippen molar-refractivity contribution in [1.82, 2.24) is 19.5 Å². The van der Waals surface area contributed by atoms with E-state index < -0.39 is 11.7 Å². The average Bonchev–Trinajstić information content (AvgIpc) is 3.03. The van der Waals surface area contributed by atoms with Crippen molar-refractivity contribution in [3.63, 3.8) is 0 Å². The summed E-state index contributed by atoms with van der Waals surface area (Å²) >= 11 is 3.12. The van der Waals surface area contributed by atoms with Gasteiger partial charge in [-0.2, -0.15) is 13.2 Å². The molecule has 0 saturated heterocycles. The monoisotopic (exact) mass is 344 g/mol. The van der Waals surface area contributed by atoms with E-state index in [1.165, 1.54) is 11.3 Å². The molecule has 3 aromatic rings. The number of aromatic nitrogens is 4. The van der Waals surface area contributed by atoms with Gasteiger partial charge in [0.2, 0.25) is 0 Å². The van der Waals surface area contributed by atoms with Crippen LogP contribution in [-0.4, -0.2) is 25.3 Å². The molecule has 3 heterocycles. The third kappa shape index (κ3) is 2.58. The van der Waals surface area contributed by atoms with Crippen LogP contribution in [0.25, 0.3) is 22.7 Å². The third-order valence-corrected chi connectivity index (χ3v) is 5.06. The molecule has 116 valence electrons. The molecule has 0 atom stereocenters. The molecule has 3 aromatic heterocycles. The van der Waals surface area contributed by atoms with Gasteiger partial charge in [-0.05, 0) is 11.8 Å². The Morgan fingerprint density at radius 1 is 1.32 bits per heavy atom. The number of rotatable bonds is 3. The average molecular weight is 344 g/mol. The fourth-order valence-electron chi connectivity index (χ4n) is 2.06. The molecule has 4 nitrogen and oxygen atoms in total. The van der Waals surface area contributed by atoms with Crippen LogP contribution < -0.4 is 0 Å². The van der Waals surface area contributed by atoms with E-state index in [9.17, 15) is 13.2 Å². The lowest BCUT2D eigenvalue weighted by molar-refractivity contribution is -0.137. The van der Waals surface area contributed by atoms with Crippen LogP contribution in [0, 0.1) is 0 Å². The van der Waals surface area contributed by atoms with Gasteiger partial charge in [-0.25, -0.2) is 15.0 Å². The van der Waals surface area contributed by atoms with Crippen molar-refractivity contribution in [2.24, 2.45) is 7.05 Å². The van der Waals surface area contributed by atoms with E-state index in [0.717, 1.165) is 22.2 Å². The highest BCUT2D eigenvalue weighted by atomic mass is 32.2. The second-order valence-electron chi connectivity index (χ2n) is 4.48. The van der Waals surface area contributed by atoms with E-state index in [2.05, 4.69) is 15.0 Å². The quantitative estimate of drug-likeness (QED) is 0.667. The minimum atomic E-state index is -4.43. The number of pyridine rings is 1. The summed E-state index contributed by atoms with van der Waals surface area (Å²) in [6.45, 7) is 2.03. The maximum atomic E-state index is 12.8. The number of thiazole rings is 1. The Morgan fingerprint density at radius 2 is 2.09 bits per heavy atom. The van der Waals surface area contributed by atoms with Gasteiger partial charge < -0.3 is 4.57 Å². The number of nitrogens with zero attached hydrogens (tertiary/aromatic N) is 4. The number of aryl methyl sites for hydroxylation is 1. The second kappa shape index (κ2) is 5.54. The van der Waals surface area contributed by atoms with Crippen LogP contribution in [0.15, 0.2) is 22.0 Å². The highest BCUT2D eigenvalue weighted by Crippen LogP contribution is 2.35. The van der Waals surface area contributed by atoms with Gasteiger partial charge in [-0.3, -0.25) is 0 Å². The standard InChI is InChI=1S/C13H11F3N4S2/c1-3-21-12-9(18-6-22-12)11-19-8-4-7(13(14,15)16)5-17-10(8)20(11)2/h4-6H,3H2,1-2H3. The molecular formula is C13H11F3N4S2. The molecular weight excluding hydrogens is 333 g/mol. The van der Waals surface area contributed by atoms with Gasteiger partial charge in [0.25, 0.3) is 0 Å². The summed E-state index contributed by atoms with van der Waals surface area (Å²) in [5.74, 6) is 1.41. The Labute approximate surface area is 132 Å². The Hall–Kier alpha value is -1.61. The van der Waals surface area contributed by atoms with E-state index in [1.807, 2.05) is 6.92 Å². The zero-order chi connectivity index (χ0) is 15.9. The first kappa shape index (κ1) is 15.3. The molecule has 0 unspecified atom stereocenters. The molecule has 0 aliphatic heterocycles. The molecule has 0 aliphatic rings. The van der Waals surface area contributed by atoms with Crippen molar-refractivity contribution in [2.45, 2.75) is 17.3 Å². The van der Waals surface area contributed by atoms with Crippen LogP contribution in [0.3, 0.4) is 0 Å². The number of thioether (sulfide) groups is 1. The highest BCUT2D eigenvalue weighted by molar-refractivity contribution is 8.01. The van der Waals surface area contributed by atoms with Crippen molar-refractivity contribution in [1.29, 1.82) is 0 Å². The van der Waals surface area contributed by atoms with Gasteiger partial charge in [0.05, 0.1) is 15.3 Å². The third-order valence-electron chi connectivity index (χ3n) is 3.06. The molecule has 0 aliphatic carbocycles. The summed E-state index contributed by atoms with van der Waals surface area (Å²) in [6, 6.07) is 1.02. The van der Waals surface area contributed by atoms with Crippen LogP contribution in [0.1, 0.15) is 12.5 Å². The van der Waals surface area contributed by atoms with Crippen molar-refractivity contribution in [3.8, 4) is 11.5 Å². The lowest BCUT2D eigenvalue weighted by Crippen LogP contribution is -2.05. The van der Waals surface area contributed by atoms with Crippen molar-refractivity contribution in [2.75, 3.05) is 5.75 Å². The normalized spacial score (nSPS) is 12.2. The fourth-order valence-corrected chi connectivity index (χ4v) is 3.87. The fraction of sp³-hybridized carbons (Fsp3) is 0.308. The van der Waals surface area contributed by atoms with Gasteiger partial charge in [0.15, 0.2) is 11.5 Å². The lowest BCUT2D eigenvalue weighted by Gasteiger charge is -2.05. The lowest BCUT2D eigenvalue weighted by atomic mass is 10.2. The van der Waals surface area contributed by atoms with E-state index in [0.29, 0.717) is 17.2 Å². The Balaban J connectivity index is 2.15. The van der Waals surface area contributed by atoms with Gasteiger partial charge >= 0.3 is 6.18 Å². The molecule has 0 saturated carbocycles. The molecule has 0 spiro atoms. The van der Waals surface area contributed by atoms with Gasteiger partial charge in [-0.15, -0.1) is 23.1 Å². The Kier molecular flexibility index (Phi) is 3.85. The van der Waals surface area contributed by atoms with Crippen molar-refractivity contribution in [3.05, 3.63) is 23.3 Å². The number of imidazole rings is 1. The van der Waals surface area contributed by atoms with E-state index >= 15 is 0 Å². The smallest absolute Gasteiger partial charge is 0.310 e. The molecule has 9 heteroatoms. The van der Waals surface area contributed by atoms with Crippen LogP contribution in [0.4, 0.5) is 13.2 Å². The van der Waals surface area contributed by atoms with Crippen LogP contribution in [-0.2, 0) is 13.2 Å². The summed E-state index contributed by atoms with van der Waals surface area (Å²) in [5.41, 5.74) is 2.22. The van der Waals surface area contributed by atoms with Gasteiger partial charge in [0, 0.05) is 13.2 Å². The molecule has 0 fully saturated rings. The molecule has 22 heavy (non-hydrogen) atoms. The first-order valence-corrected chi connectivity index (χ1v) is 8.24. The van der Waals surface area contributed by atoms with E-state index in [4.69, 9.17) is 0 Å². The summed E-state index contributed by atoms with van der Waals surface area (Å²) in [4.78, 5) is 12.5. The highest BCUT2D eigenvalue weighted by Gasteiger charge is 2.32. The Bertz CT molecular complexity index is 822. The number of fused-ring (bicyclic) bond motifs is 1. The summed E-state index contributed by atoms with van der Waals surface area (Å²) in [6.07, 6.45) is -3.60. The minimum absolute atomic E-state index is 0.216. The number of halogens is 3. The largest absolute Gasteiger partial charge is 0.417 e. The number of hydrogen-bond donors (Lipinski definition) is 0. The maximum absolute atomic E-state index is 12.8. The van der Waals surface area contributed by atoms with Crippen molar-refractivity contribution < 1.29 is 13.2 Å². The van der Waals surface area contributed by atoms with Crippen molar-refractivity contribution >= 4 is 34.3 Å². The van der Waals surface area contributed by atoms with Crippen LogP contribution in [0.2, 0.25) is 0 Å². The Morgan fingerprint density at radius 3 is 2.77 bits per heavy atom. The minimum Gasteiger partial charge on any atom is -0.310 e. The summed E-state index contributed by atoms with van der Waals surface area (Å²) < 4.78 is 41.0. The first-order valence-electron chi connectivity index (χ1n) is 6.38. The SMILES string of the molecule is CCSc1scnc1-c1nc2cc(C(F)(F)F)cnc2n1C. The topological polar surface area (TPSA) is 43.6 Å².